The van der Waals surface area contributed by atoms with Crippen molar-refractivity contribution in [3.05, 3.63) is 0 Å². The third-order valence-electron chi connectivity index (χ3n) is 1.51. The molecule has 0 aliphatic carbocycles. The van der Waals surface area contributed by atoms with Crippen LogP contribution >= 0.6 is 11.8 Å². The van der Waals surface area contributed by atoms with Crippen molar-refractivity contribution in [3.63, 3.8) is 0 Å². The van der Waals surface area contributed by atoms with E-state index in [0.717, 1.165) is 6.92 Å². The lowest BCUT2D eigenvalue weighted by atomic mass is 10.4. The van der Waals surface area contributed by atoms with Gasteiger partial charge in [0.05, 0.1) is 0 Å². The van der Waals surface area contributed by atoms with Crippen LogP contribution in [0.3, 0.4) is 0 Å². The Morgan fingerprint density at radius 2 is 1.56 bits per heavy atom. The maximum absolute atomic E-state index is 10.7. The van der Waals surface area contributed by atoms with Crippen LogP contribution < -0.4 is 0 Å². The van der Waals surface area contributed by atoms with Crippen LogP contribution in [-0.2, 0) is 24.0 Å². The van der Waals surface area contributed by atoms with Gasteiger partial charge in [-0.15, -0.1) is 5.06 Å². The maximum atomic E-state index is 10.7. The highest BCUT2D eigenvalue weighted by molar-refractivity contribution is 8.12. The van der Waals surface area contributed by atoms with E-state index in [1.807, 2.05) is 0 Å². The second-order valence-corrected chi connectivity index (χ2v) is 3.84. The van der Waals surface area contributed by atoms with E-state index in [0.29, 0.717) is 5.06 Å². The van der Waals surface area contributed by atoms with E-state index < -0.39 is 17.8 Å². The fourth-order valence-corrected chi connectivity index (χ4v) is 0.786. The first-order valence-electron chi connectivity index (χ1n) is 4.47. The number of hydroxylamine groups is 2. The van der Waals surface area contributed by atoms with Crippen LogP contribution in [-0.4, -0.2) is 34.2 Å². The maximum Gasteiger partial charge on any atom is 0.330 e. The summed E-state index contributed by atoms with van der Waals surface area (Å²) in [7, 11) is 0. The molecule has 1 heterocycles. The summed E-state index contributed by atoms with van der Waals surface area (Å²) < 4.78 is 0. The number of imide groups is 1. The molecule has 1 rings (SSSR count). The summed E-state index contributed by atoms with van der Waals surface area (Å²) in [5.74, 6) is -1.57. The lowest BCUT2D eigenvalue weighted by Crippen LogP contribution is -2.30. The minimum absolute atomic E-state index is 0.131. The minimum atomic E-state index is -0.659. The van der Waals surface area contributed by atoms with E-state index >= 15 is 0 Å². The van der Waals surface area contributed by atoms with E-state index in [4.69, 9.17) is 0 Å². The number of nitrogens with zero attached hydrogens (tertiary/aromatic N) is 1. The number of amides is 2. The zero-order valence-corrected chi connectivity index (χ0v) is 10.1. The molecule has 1 aliphatic rings. The van der Waals surface area contributed by atoms with Crippen molar-refractivity contribution in [1.82, 2.24) is 5.06 Å². The van der Waals surface area contributed by atoms with Crippen LogP contribution in [0.25, 0.3) is 0 Å². The Hall–Kier alpha value is -1.37. The summed E-state index contributed by atoms with van der Waals surface area (Å²) in [6.45, 7) is 2.68. The topological polar surface area (TPSA) is 80.8 Å². The first-order chi connectivity index (χ1) is 7.38. The van der Waals surface area contributed by atoms with Crippen LogP contribution in [0.5, 0.6) is 0 Å². The van der Waals surface area contributed by atoms with Crippen molar-refractivity contribution in [2.75, 3.05) is 6.26 Å². The molecular formula is C9H13NO5S. The van der Waals surface area contributed by atoms with Crippen molar-refractivity contribution in [2.45, 2.75) is 26.7 Å². The Kier molecular flexibility index (Phi) is 6.40. The first kappa shape index (κ1) is 14.6. The Morgan fingerprint density at radius 3 is 1.81 bits per heavy atom. The molecule has 0 saturated carbocycles. The molecule has 0 unspecified atom stereocenters. The summed E-state index contributed by atoms with van der Waals surface area (Å²) in [6, 6.07) is 0. The lowest BCUT2D eigenvalue weighted by Gasteiger charge is -2.09. The van der Waals surface area contributed by atoms with Gasteiger partial charge in [0.15, 0.2) is 5.12 Å². The monoisotopic (exact) mass is 247 g/mol. The standard InChI is InChI=1S/C6H7NO4.C3H6OS/c1-4(8)11-7-5(9)2-3-6(7)10;1-3(4)5-2/h2-3H2,1H3;1-2H3. The normalized spacial score (nSPS) is 14.3. The lowest BCUT2D eigenvalue weighted by molar-refractivity contribution is -0.195. The Labute approximate surface area is 97.3 Å². The van der Waals surface area contributed by atoms with Gasteiger partial charge in [0.25, 0.3) is 11.8 Å². The second-order valence-electron chi connectivity index (χ2n) is 2.86. The number of carbonyl (C=O) groups excluding carboxylic acids is 4. The van der Waals surface area contributed by atoms with E-state index in [9.17, 15) is 19.2 Å². The Balaban J connectivity index is 0.000000385. The van der Waals surface area contributed by atoms with Gasteiger partial charge in [-0.3, -0.25) is 14.4 Å². The van der Waals surface area contributed by atoms with Gasteiger partial charge in [0.2, 0.25) is 0 Å². The first-order valence-corrected chi connectivity index (χ1v) is 5.69. The quantitative estimate of drug-likeness (QED) is 0.628. The SMILES string of the molecule is CC(=O)ON1C(=O)CCC1=O.CSC(C)=O. The van der Waals surface area contributed by atoms with Crippen molar-refractivity contribution in [1.29, 1.82) is 0 Å². The molecule has 1 saturated heterocycles. The van der Waals surface area contributed by atoms with Crippen LogP contribution in [0.15, 0.2) is 0 Å². The molecule has 7 heteroatoms. The molecule has 2 amide bonds. The van der Waals surface area contributed by atoms with Gasteiger partial charge in [0.1, 0.15) is 0 Å². The van der Waals surface area contributed by atoms with Crippen LogP contribution in [0.2, 0.25) is 0 Å². The third-order valence-corrected chi connectivity index (χ3v) is 2.09. The van der Waals surface area contributed by atoms with Crippen LogP contribution in [0.1, 0.15) is 26.7 Å². The summed E-state index contributed by atoms with van der Waals surface area (Å²) in [4.78, 5) is 45.9. The van der Waals surface area contributed by atoms with Crippen molar-refractivity contribution in [3.8, 4) is 0 Å². The molecule has 90 valence electrons. The Morgan fingerprint density at radius 1 is 1.19 bits per heavy atom. The van der Waals surface area contributed by atoms with Gasteiger partial charge < -0.3 is 4.84 Å². The van der Waals surface area contributed by atoms with E-state index in [2.05, 4.69) is 4.84 Å². The largest absolute Gasteiger partial charge is 0.331 e. The van der Waals surface area contributed by atoms with Crippen LogP contribution in [0, 0.1) is 0 Å². The van der Waals surface area contributed by atoms with Gasteiger partial charge in [-0.25, -0.2) is 4.79 Å². The van der Waals surface area contributed by atoms with E-state index in [-0.39, 0.29) is 18.0 Å². The summed E-state index contributed by atoms with van der Waals surface area (Å²) >= 11 is 1.24. The van der Waals surface area contributed by atoms with Gasteiger partial charge >= 0.3 is 5.97 Å². The average Bonchev–Trinajstić information content (AvgIpc) is 2.50. The summed E-state index contributed by atoms with van der Waals surface area (Å²) in [5.41, 5.74) is 0. The molecule has 0 spiro atoms. The molecule has 0 aromatic rings. The van der Waals surface area contributed by atoms with Crippen LogP contribution in [0.4, 0.5) is 0 Å². The van der Waals surface area contributed by atoms with Crippen molar-refractivity contribution >= 4 is 34.7 Å². The average molecular weight is 247 g/mol. The highest BCUT2D eigenvalue weighted by Crippen LogP contribution is 2.11. The molecule has 0 radical (unpaired) electrons. The molecule has 0 aromatic heterocycles. The Bertz CT molecular complexity index is 299. The highest BCUT2D eigenvalue weighted by atomic mass is 32.2. The second kappa shape index (κ2) is 7.00. The molecule has 1 aliphatic heterocycles. The van der Waals surface area contributed by atoms with Gasteiger partial charge in [-0.2, -0.15) is 0 Å². The highest BCUT2D eigenvalue weighted by Gasteiger charge is 2.31. The molecule has 16 heavy (non-hydrogen) atoms. The fourth-order valence-electron chi connectivity index (χ4n) is 0.786. The number of hydrogen-bond acceptors (Lipinski definition) is 6. The molecule has 0 aromatic carbocycles. The van der Waals surface area contributed by atoms with Gasteiger partial charge in [-0.05, 0) is 6.26 Å². The van der Waals surface area contributed by atoms with Crippen molar-refractivity contribution < 1.29 is 24.0 Å². The van der Waals surface area contributed by atoms with E-state index in [1.54, 1.807) is 13.2 Å². The zero-order chi connectivity index (χ0) is 12.7. The minimum Gasteiger partial charge on any atom is -0.331 e. The number of hydrogen-bond donors (Lipinski definition) is 0. The summed E-state index contributed by atoms with van der Waals surface area (Å²) in [5, 5.41) is 0.688. The predicted molar refractivity (Wildman–Crippen MR) is 57.0 cm³/mol. The number of rotatable bonds is 1. The third kappa shape index (κ3) is 5.50. The molecule has 1 fully saturated rings. The molecule has 0 bridgehead atoms. The smallest absolute Gasteiger partial charge is 0.330 e. The summed E-state index contributed by atoms with van der Waals surface area (Å²) in [6.07, 6.45) is 2.03. The molecule has 0 N–H and O–H groups in total. The van der Waals surface area contributed by atoms with Gasteiger partial charge in [0, 0.05) is 26.7 Å². The molecular weight excluding hydrogens is 234 g/mol. The predicted octanol–water partition coefficient (Wildman–Crippen LogP) is 0.509. The number of carbonyl (C=O) groups is 4. The molecule has 0 atom stereocenters. The van der Waals surface area contributed by atoms with Crippen molar-refractivity contribution in [2.24, 2.45) is 0 Å². The van der Waals surface area contributed by atoms with Gasteiger partial charge in [-0.1, -0.05) is 11.8 Å². The molecule has 6 nitrogen and oxygen atoms in total. The zero-order valence-electron chi connectivity index (χ0n) is 9.31. The fraction of sp³-hybridized carbons (Fsp3) is 0.556. The number of thioether (sulfide) groups is 1. The van der Waals surface area contributed by atoms with E-state index in [1.165, 1.54) is 11.8 Å².